The van der Waals surface area contributed by atoms with Crippen molar-refractivity contribution in [2.45, 2.75) is 18.3 Å². The van der Waals surface area contributed by atoms with Crippen molar-refractivity contribution in [3.8, 4) is 0 Å². The van der Waals surface area contributed by atoms with Crippen LogP contribution in [-0.2, 0) is 10.2 Å². The van der Waals surface area contributed by atoms with E-state index in [1.807, 2.05) is 31.1 Å². The normalized spacial score (nSPS) is 17.9. The molecule has 0 aliphatic heterocycles. The highest BCUT2D eigenvalue weighted by atomic mass is 32.1. The third-order valence-electron chi connectivity index (χ3n) is 2.66. The lowest BCUT2D eigenvalue weighted by Gasteiger charge is -2.09. The summed E-state index contributed by atoms with van der Waals surface area (Å²) in [7, 11) is 3.94. The van der Waals surface area contributed by atoms with Gasteiger partial charge in [-0.25, -0.2) is 0 Å². The van der Waals surface area contributed by atoms with Crippen LogP contribution in [0.15, 0.2) is 12.1 Å². The van der Waals surface area contributed by atoms with Gasteiger partial charge in [-0.3, -0.25) is 4.79 Å². The maximum atomic E-state index is 11.1. The van der Waals surface area contributed by atoms with Crippen molar-refractivity contribution in [3.05, 3.63) is 17.0 Å². The molecular weight excluding hydrogens is 198 g/mol. The molecule has 1 heterocycles. The van der Waals surface area contributed by atoms with Crippen LogP contribution in [0.25, 0.3) is 0 Å². The van der Waals surface area contributed by atoms with Gasteiger partial charge >= 0.3 is 5.97 Å². The smallest absolute Gasteiger partial charge is 0.314 e. The van der Waals surface area contributed by atoms with Gasteiger partial charge in [0, 0.05) is 19.0 Å². The molecule has 1 aliphatic carbocycles. The minimum Gasteiger partial charge on any atom is -0.481 e. The van der Waals surface area contributed by atoms with Gasteiger partial charge in [0.15, 0.2) is 0 Å². The average molecular weight is 211 g/mol. The summed E-state index contributed by atoms with van der Waals surface area (Å²) < 4.78 is 0. The van der Waals surface area contributed by atoms with Crippen molar-refractivity contribution in [1.29, 1.82) is 0 Å². The third-order valence-corrected chi connectivity index (χ3v) is 4.12. The van der Waals surface area contributed by atoms with E-state index in [1.165, 1.54) is 0 Å². The number of thiophene rings is 1. The number of aliphatic carboxylic acids is 1. The number of hydrogen-bond acceptors (Lipinski definition) is 3. The molecule has 1 aromatic heterocycles. The summed E-state index contributed by atoms with van der Waals surface area (Å²) >= 11 is 1.58. The van der Waals surface area contributed by atoms with Gasteiger partial charge in [-0.1, -0.05) is 0 Å². The zero-order valence-electron chi connectivity index (χ0n) is 8.28. The van der Waals surface area contributed by atoms with Gasteiger partial charge in [0.2, 0.25) is 0 Å². The minimum atomic E-state index is -0.676. The van der Waals surface area contributed by atoms with Crippen molar-refractivity contribution in [2.75, 3.05) is 19.0 Å². The van der Waals surface area contributed by atoms with E-state index in [9.17, 15) is 4.79 Å². The summed E-state index contributed by atoms with van der Waals surface area (Å²) in [4.78, 5) is 14.1. The minimum absolute atomic E-state index is 0.543. The van der Waals surface area contributed by atoms with E-state index >= 15 is 0 Å². The van der Waals surface area contributed by atoms with Crippen molar-refractivity contribution >= 4 is 22.3 Å². The fraction of sp³-hybridized carbons (Fsp3) is 0.500. The predicted octanol–water partition coefficient (Wildman–Crippen LogP) is 1.93. The molecule has 14 heavy (non-hydrogen) atoms. The molecule has 0 radical (unpaired) electrons. The number of carboxylic acids is 1. The summed E-state index contributed by atoms with van der Waals surface area (Å²) in [6.45, 7) is 0. The van der Waals surface area contributed by atoms with Crippen molar-refractivity contribution in [1.82, 2.24) is 0 Å². The molecule has 0 spiro atoms. The molecule has 1 fully saturated rings. The highest BCUT2D eigenvalue weighted by Gasteiger charge is 2.52. The standard InChI is InChI=1S/C10H13NO2S/c1-11(2)8-4-3-7(14-8)10(5-6-10)9(12)13/h3-4H,5-6H2,1-2H3,(H,12,13). The van der Waals surface area contributed by atoms with Crippen LogP contribution in [0.2, 0.25) is 0 Å². The van der Waals surface area contributed by atoms with E-state index in [4.69, 9.17) is 5.11 Å². The monoisotopic (exact) mass is 211 g/mol. The topological polar surface area (TPSA) is 40.5 Å². The largest absolute Gasteiger partial charge is 0.481 e. The van der Waals surface area contributed by atoms with Crippen molar-refractivity contribution < 1.29 is 9.90 Å². The van der Waals surface area contributed by atoms with E-state index < -0.39 is 11.4 Å². The molecule has 0 unspecified atom stereocenters. The highest BCUT2D eigenvalue weighted by molar-refractivity contribution is 7.16. The second-order valence-electron chi connectivity index (χ2n) is 3.92. The first-order valence-electron chi connectivity index (χ1n) is 4.57. The van der Waals surface area contributed by atoms with Crippen LogP contribution in [0.3, 0.4) is 0 Å². The second-order valence-corrected chi connectivity index (χ2v) is 4.98. The summed E-state index contributed by atoms with van der Waals surface area (Å²) in [5, 5.41) is 10.2. The molecule has 1 aliphatic rings. The van der Waals surface area contributed by atoms with Gasteiger partial charge in [-0.05, 0) is 25.0 Å². The molecule has 76 valence electrons. The van der Waals surface area contributed by atoms with Gasteiger partial charge in [-0.2, -0.15) is 0 Å². The van der Waals surface area contributed by atoms with E-state index in [2.05, 4.69) is 0 Å². The zero-order valence-corrected chi connectivity index (χ0v) is 9.10. The number of carbonyl (C=O) groups is 1. The van der Waals surface area contributed by atoms with E-state index in [0.717, 1.165) is 22.7 Å². The molecule has 2 rings (SSSR count). The predicted molar refractivity (Wildman–Crippen MR) is 57.2 cm³/mol. The van der Waals surface area contributed by atoms with E-state index in [1.54, 1.807) is 11.3 Å². The van der Waals surface area contributed by atoms with Crippen molar-refractivity contribution in [3.63, 3.8) is 0 Å². The number of nitrogens with zero attached hydrogens (tertiary/aromatic N) is 1. The van der Waals surface area contributed by atoms with Gasteiger partial charge in [0.1, 0.15) is 5.41 Å². The number of rotatable bonds is 3. The van der Waals surface area contributed by atoms with Crippen LogP contribution in [0.1, 0.15) is 17.7 Å². The van der Waals surface area contributed by atoms with Gasteiger partial charge in [0.25, 0.3) is 0 Å². The Balaban J connectivity index is 2.30. The molecule has 0 amide bonds. The van der Waals surface area contributed by atoms with Crippen LogP contribution in [-0.4, -0.2) is 25.2 Å². The number of anilines is 1. The van der Waals surface area contributed by atoms with Gasteiger partial charge in [0.05, 0.1) is 5.00 Å². The Morgan fingerprint density at radius 2 is 2.14 bits per heavy atom. The van der Waals surface area contributed by atoms with Crippen LogP contribution < -0.4 is 4.90 Å². The van der Waals surface area contributed by atoms with Crippen LogP contribution in [0, 0.1) is 0 Å². The second kappa shape index (κ2) is 2.98. The molecule has 0 saturated heterocycles. The summed E-state index contributed by atoms with van der Waals surface area (Å²) in [6, 6.07) is 3.93. The summed E-state index contributed by atoms with van der Waals surface area (Å²) in [6.07, 6.45) is 1.57. The lowest BCUT2D eigenvalue weighted by Crippen LogP contribution is -2.17. The van der Waals surface area contributed by atoms with Crippen molar-refractivity contribution in [2.24, 2.45) is 0 Å². The lowest BCUT2D eigenvalue weighted by molar-refractivity contribution is -0.139. The molecule has 0 bridgehead atoms. The lowest BCUT2D eigenvalue weighted by atomic mass is 10.1. The summed E-state index contributed by atoms with van der Waals surface area (Å²) in [5.74, 6) is -0.676. The third kappa shape index (κ3) is 1.30. The molecule has 1 aromatic rings. The molecule has 1 N–H and O–H groups in total. The molecule has 1 saturated carbocycles. The fourth-order valence-electron chi connectivity index (χ4n) is 1.52. The van der Waals surface area contributed by atoms with E-state index in [0.29, 0.717) is 0 Å². The SMILES string of the molecule is CN(C)c1ccc(C2(C(=O)O)CC2)s1. The first kappa shape index (κ1) is 9.52. The Bertz CT molecular complexity index is 366. The Hall–Kier alpha value is -1.03. The molecule has 0 aromatic carbocycles. The maximum absolute atomic E-state index is 11.1. The van der Waals surface area contributed by atoms with Crippen LogP contribution in [0.5, 0.6) is 0 Å². The Kier molecular flexibility index (Phi) is 2.03. The highest BCUT2D eigenvalue weighted by Crippen LogP contribution is 2.51. The Morgan fingerprint density at radius 3 is 2.50 bits per heavy atom. The van der Waals surface area contributed by atoms with Crippen LogP contribution >= 0.6 is 11.3 Å². The van der Waals surface area contributed by atoms with E-state index in [-0.39, 0.29) is 0 Å². The zero-order chi connectivity index (χ0) is 10.3. The first-order valence-corrected chi connectivity index (χ1v) is 5.39. The van der Waals surface area contributed by atoms with Gasteiger partial charge in [-0.15, -0.1) is 11.3 Å². The molecular formula is C10H13NO2S. The first-order chi connectivity index (χ1) is 6.56. The molecule has 3 nitrogen and oxygen atoms in total. The maximum Gasteiger partial charge on any atom is 0.314 e. The average Bonchev–Trinajstić information content (AvgIpc) is 2.77. The number of carboxylic acid groups (broad SMARTS) is 1. The van der Waals surface area contributed by atoms with Crippen LogP contribution in [0.4, 0.5) is 5.00 Å². The molecule has 0 atom stereocenters. The Morgan fingerprint density at radius 1 is 1.50 bits per heavy atom. The molecule has 4 heteroatoms. The quantitative estimate of drug-likeness (QED) is 0.830. The summed E-state index contributed by atoms with van der Waals surface area (Å²) in [5.41, 5.74) is -0.543. The van der Waals surface area contributed by atoms with Gasteiger partial charge < -0.3 is 10.0 Å². The number of hydrogen-bond donors (Lipinski definition) is 1. The fourth-order valence-corrected chi connectivity index (χ4v) is 2.68. The Labute approximate surface area is 87.0 Å².